The number of unbranched alkanes of at least 4 members (excludes halogenated alkanes) is 4. The zero-order valence-electron chi connectivity index (χ0n) is 20.3. The standard InChI is InChI=1S/C18H40N8O2.C2HF3O2/c1-16(19)8-12-22-9-6-7-13-26(18(20)28)14-17(27)24-11-5-3-2-4-10-23-15-25-21;3-2(4,5)1(6)7/h15-16,22H,2-14,19,21H2,1H3,(H2,20,28)(H,23,25)(H,24,27);(H,6,7). The van der Waals surface area contributed by atoms with Crippen LogP contribution in [0, 0.1) is 0 Å². The van der Waals surface area contributed by atoms with Gasteiger partial charge in [0, 0.05) is 25.7 Å². The number of urea groups is 1. The molecule has 0 radical (unpaired) electrons. The molecular formula is C20H41F3N8O4. The first-order valence-corrected chi connectivity index (χ1v) is 11.4. The van der Waals surface area contributed by atoms with Crippen molar-refractivity contribution in [2.45, 2.75) is 64.1 Å². The molecule has 0 saturated heterocycles. The number of alkyl halides is 3. The van der Waals surface area contributed by atoms with Crippen LogP contribution in [0.2, 0.25) is 0 Å². The number of hydrogen-bond acceptors (Lipinski definition) is 7. The van der Waals surface area contributed by atoms with Crippen molar-refractivity contribution in [2.24, 2.45) is 22.4 Å². The average Bonchev–Trinajstić information content (AvgIpc) is 2.76. The van der Waals surface area contributed by atoms with Crippen molar-refractivity contribution in [1.82, 2.24) is 20.9 Å². The van der Waals surface area contributed by atoms with Crippen molar-refractivity contribution in [3.63, 3.8) is 0 Å². The molecular weight excluding hydrogens is 473 g/mol. The molecule has 0 rings (SSSR count). The lowest BCUT2D eigenvalue weighted by atomic mass is 10.2. The van der Waals surface area contributed by atoms with Crippen molar-refractivity contribution in [2.75, 3.05) is 39.3 Å². The summed E-state index contributed by atoms with van der Waals surface area (Å²) in [5.74, 6) is 2.05. The third-order valence-electron chi connectivity index (χ3n) is 4.43. The maximum Gasteiger partial charge on any atom is 0.490 e. The quantitative estimate of drug-likeness (QED) is 0.0444. The first kappa shape index (κ1) is 34.4. The molecule has 15 heteroatoms. The molecule has 12 nitrogen and oxygen atoms in total. The Morgan fingerprint density at radius 3 is 2.11 bits per heavy atom. The summed E-state index contributed by atoms with van der Waals surface area (Å²) in [4.78, 5) is 33.8. The van der Waals surface area contributed by atoms with Crippen LogP contribution in [0.5, 0.6) is 0 Å². The highest BCUT2D eigenvalue weighted by atomic mass is 19.4. The van der Waals surface area contributed by atoms with Crippen LogP contribution in [0.25, 0.3) is 0 Å². The number of hydrogen-bond donors (Lipinski definition) is 7. The molecule has 0 heterocycles. The van der Waals surface area contributed by atoms with Crippen LogP contribution in [0.3, 0.4) is 0 Å². The Balaban J connectivity index is 0. The highest BCUT2D eigenvalue weighted by Crippen LogP contribution is 2.13. The van der Waals surface area contributed by atoms with E-state index >= 15 is 0 Å². The third-order valence-corrected chi connectivity index (χ3v) is 4.43. The van der Waals surface area contributed by atoms with Gasteiger partial charge in [-0.2, -0.15) is 18.3 Å². The monoisotopic (exact) mass is 514 g/mol. The number of primary amides is 1. The lowest BCUT2D eigenvalue weighted by Gasteiger charge is -2.20. The van der Waals surface area contributed by atoms with Crippen LogP contribution < -0.4 is 33.3 Å². The number of aliphatic carboxylic acids is 1. The minimum atomic E-state index is -5.08. The molecule has 0 aliphatic carbocycles. The zero-order chi connectivity index (χ0) is 27.1. The molecule has 0 aromatic heterocycles. The van der Waals surface area contributed by atoms with Gasteiger partial charge < -0.3 is 43.3 Å². The summed E-state index contributed by atoms with van der Waals surface area (Å²) in [6.45, 7) is 5.66. The van der Waals surface area contributed by atoms with Crippen LogP contribution in [0.4, 0.5) is 18.0 Å². The van der Waals surface area contributed by atoms with Crippen LogP contribution in [-0.2, 0) is 9.59 Å². The Hall–Kier alpha value is -2.81. The zero-order valence-corrected chi connectivity index (χ0v) is 20.3. The summed E-state index contributed by atoms with van der Waals surface area (Å²) >= 11 is 0. The van der Waals surface area contributed by atoms with E-state index in [4.69, 9.17) is 27.2 Å². The minimum absolute atomic E-state index is 0.00972. The molecule has 10 N–H and O–H groups in total. The molecule has 0 aliphatic rings. The van der Waals surface area contributed by atoms with Gasteiger partial charge in [0.1, 0.15) is 12.9 Å². The van der Waals surface area contributed by atoms with E-state index in [1.807, 2.05) is 6.92 Å². The number of nitrogens with zero attached hydrogens (tertiary/aromatic N) is 2. The maximum absolute atomic E-state index is 12.0. The highest BCUT2D eigenvalue weighted by molar-refractivity contribution is 5.83. The van der Waals surface area contributed by atoms with Crippen molar-refractivity contribution in [1.29, 1.82) is 0 Å². The van der Waals surface area contributed by atoms with Crippen LogP contribution >= 0.6 is 0 Å². The smallest absolute Gasteiger partial charge is 0.475 e. The number of carboxylic acids is 1. The van der Waals surface area contributed by atoms with E-state index in [-0.39, 0.29) is 18.5 Å². The number of rotatable bonds is 18. The van der Waals surface area contributed by atoms with Crippen LogP contribution in [0.15, 0.2) is 5.10 Å². The molecule has 0 bridgehead atoms. The topological polar surface area (TPSA) is 201 Å². The van der Waals surface area contributed by atoms with Crippen molar-refractivity contribution >= 4 is 24.2 Å². The van der Waals surface area contributed by atoms with E-state index in [9.17, 15) is 22.8 Å². The number of amides is 3. The van der Waals surface area contributed by atoms with E-state index in [0.29, 0.717) is 13.1 Å². The molecule has 35 heavy (non-hydrogen) atoms. The number of nitrogens with one attached hydrogen (secondary N) is 3. The van der Waals surface area contributed by atoms with Gasteiger partial charge in [-0.3, -0.25) is 4.79 Å². The van der Waals surface area contributed by atoms with Gasteiger partial charge in [0.05, 0.1) is 0 Å². The molecule has 206 valence electrons. The normalized spacial score (nSPS) is 11.9. The lowest BCUT2D eigenvalue weighted by molar-refractivity contribution is -0.192. The fourth-order valence-electron chi connectivity index (χ4n) is 2.55. The predicted molar refractivity (Wildman–Crippen MR) is 127 cm³/mol. The number of hydrazone groups is 1. The van der Waals surface area contributed by atoms with Crippen molar-refractivity contribution in [3.05, 3.63) is 0 Å². The van der Waals surface area contributed by atoms with Gasteiger partial charge in [0.2, 0.25) is 5.91 Å². The van der Waals surface area contributed by atoms with Crippen LogP contribution in [-0.4, -0.2) is 85.7 Å². The van der Waals surface area contributed by atoms with E-state index < -0.39 is 18.2 Å². The summed E-state index contributed by atoms with van der Waals surface area (Å²) in [7, 11) is 0. The second-order valence-electron chi connectivity index (χ2n) is 7.78. The largest absolute Gasteiger partial charge is 0.490 e. The molecule has 0 aromatic carbocycles. The molecule has 0 spiro atoms. The lowest BCUT2D eigenvalue weighted by Crippen LogP contribution is -2.44. The summed E-state index contributed by atoms with van der Waals surface area (Å²) in [5.41, 5.74) is 11.1. The van der Waals surface area contributed by atoms with Gasteiger partial charge in [0.15, 0.2) is 0 Å². The average molecular weight is 515 g/mol. The first-order valence-electron chi connectivity index (χ1n) is 11.4. The summed E-state index contributed by atoms with van der Waals surface area (Å²) in [6, 6.07) is -0.363. The molecule has 0 fully saturated rings. The Morgan fingerprint density at radius 2 is 1.60 bits per heavy atom. The second-order valence-corrected chi connectivity index (χ2v) is 7.78. The molecule has 1 unspecified atom stereocenters. The van der Waals surface area contributed by atoms with E-state index in [2.05, 4.69) is 21.1 Å². The Morgan fingerprint density at radius 1 is 1.03 bits per heavy atom. The molecule has 1 atom stereocenters. The number of halogens is 3. The minimum Gasteiger partial charge on any atom is -0.475 e. The Labute approximate surface area is 204 Å². The number of nitrogens with two attached hydrogens (primary N) is 3. The Bertz CT molecular complexity index is 607. The van der Waals surface area contributed by atoms with Gasteiger partial charge >= 0.3 is 18.2 Å². The first-order chi connectivity index (χ1) is 16.4. The van der Waals surface area contributed by atoms with E-state index in [1.54, 1.807) is 0 Å². The third kappa shape index (κ3) is 25.6. The molecule has 0 aliphatic heterocycles. The fraction of sp³-hybridized carbons (Fsp3) is 0.800. The number of carboxylic acid groups (broad SMARTS) is 1. The van der Waals surface area contributed by atoms with Crippen molar-refractivity contribution < 1.29 is 32.7 Å². The summed E-state index contributed by atoms with van der Waals surface area (Å²) in [6.07, 6.45) is 3.05. The van der Waals surface area contributed by atoms with Gasteiger partial charge in [0.25, 0.3) is 0 Å². The summed E-state index contributed by atoms with van der Waals surface area (Å²) < 4.78 is 31.7. The number of carbonyl (C=O) groups excluding carboxylic acids is 2. The summed E-state index contributed by atoms with van der Waals surface area (Å²) in [5, 5.41) is 19.6. The predicted octanol–water partition coefficient (Wildman–Crippen LogP) is 0.276. The van der Waals surface area contributed by atoms with Gasteiger partial charge in [-0.25, -0.2) is 9.59 Å². The number of carbonyl (C=O) groups is 3. The van der Waals surface area contributed by atoms with Gasteiger partial charge in [-0.15, -0.1) is 0 Å². The SMILES string of the molecule is CC(N)CCNCCCCN(CC(=O)NCCCCCCNC=NN)C(N)=O.O=C(O)C(F)(F)F. The van der Waals surface area contributed by atoms with E-state index in [0.717, 1.165) is 64.6 Å². The van der Waals surface area contributed by atoms with E-state index in [1.165, 1.54) is 11.2 Å². The highest BCUT2D eigenvalue weighted by Gasteiger charge is 2.38. The molecule has 0 aromatic rings. The van der Waals surface area contributed by atoms with Gasteiger partial charge in [-0.05, 0) is 52.1 Å². The van der Waals surface area contributed by atoms with Crippen LogP contribution in [0.1, 0.15) is 51.9 Å². The fourth-order valence-corrected chi connectivity index (χ4v) is 2.55. The van der Waals surface area contributed by atoms with Crippen molar-refractivity contribution in [3.8, 4) is 0 Å². The molecule has 3 amide bonds. The maximum atomic E-state index is 12.0. The molecule has 0 saturated carbocycles. The van der Waals surface area contributed by atoms with Gasteiger partial charge in [-0.1, -0.05) is 12.8 Å². The second kappa shape index (κ2) is 21.7. The Kier molecular flexibility index (Phi) is 21.3.